The molecule has 2 aromatic rings. The quantitative estimate of drug-likeness (QED) is 0.253. The maximum absolute atomic E-state index is 14.6. The number of ketones is 1. The maximum Gasteiger partial charge on any atom is 0.296 e. The highest BCUT2D eigenvalue weighted by molar-refractivity contribution is 7.89. The molecule has 12 heteroatoms. The molecule has 0 aromatic heterocycles. The van der Waals surface area contributed by atoms with Crippen molar-refractivity contribution in [1.29, 1.82) is 0 Å². The lowest BCUT2D eigenvalue weighted by molar-refractivity contribution is -0.143. The van der Waals surface area contributed by atoms with E-state index in [0.717, 1.165) is 32.4 Å². The number of piperidine rings is 1. The Balaban J connectivity index is 1.47. The van der Waals surface area contributed by atoms with Crippen LogP contribution >= 0.6 is 0 Å². The first kappa shape index (κ1) is 31.4. The van der Waals surface area contributed by atoms with Crippen LogP contribution in [0.2, 0.25) is 0 Å². The molecular formula is C33H40N4O7S. The molecule has 1 unspecified atom stereocenters. The third kappa shape index (κ3) is 5.27. The second-order valence-corrected chi connectivity index (χ2v) is 13.9. The van der Waals surface area contributed by atoms with Crippen LogP contribution in [-0.4, -0.2) is 104 Å². The summed E-state index contributed by atoms with van der Waals surface area (Å²) in [4.78, 5) is 47.6. The Labute approximate surface area is 264 Å². The minimum absolute atomic E-state index is 0.0204. The summed E-state index contributed by atoms with van der Waals surface area (Å²) in [5.74, 6) is -2.88. The van der Waals surface area contributed by atoms with Gasteiger partial charge in [0.1, 0.15) is 5.76 Å². The maximum atomic E-state index is 14.6. The number of hydrogen-bond donors (Lipinski definition) is 1. The van der Waals surface area contributed by atoms with Gasteiger partial charge in [-0.05, 0) is 43.9 Å². The number of likely N-dealkylation sites (tertiary alicyclic amines) is 1. The number of fused-ring (bicyclic) bond motifs is 2. The van der Waals surface area contributed by atoms with Gasteiger partial charge in [0, 0.05) is 56.9 Å². The molecule has 1 N–H and O–H groups in total. The van der Waals surface area contributed by atoms with E-state index in [1.54, 1.807) is 29.2 Å². The Hall–Kier alpha value is -3.58. The van der Waals surface area contributed by atoms with Crippen LogP contribution in [0.3, 0.4) is 0 Å². The highest BCUT2D eigenvalue weighted by Crippen LogP contribution is 2.53. The van der Waals surface area contributed by atoms with Crippen LogP contribution in [-0.2, 0) is 34.7 Å². The fourth-order valence-corrected chi connectivity index (χ4v) is 8.66. The van der Waals surface area contributed by atoms with Crippen molar-refractivity contribution in [2.75, 3.05) is 63.9 Å². The first-order valence-electron chi connectivity index (χ1n) is 15.8. The predicted octanol–water partition coefficient (Wildman–Crippen LogP) is 2.92. The van der Waals surface area contributed by atoms with Crippen molar-refractivity contribution in [3.05, 3.63) is 65.2 Å². The van der Waals surface area contributed by atoms with E-state index >= 15 is 0 Å². The van der Waals surface area contributed by atoms with Gasteiger partial charge >= 0.3 is 0 Å². The molecule has 0 aliphatic carbocycles. The highest BCUT2D eigenvalue weighted by atomic mass is 32.2. The molecule has 240 valence electrons. The van der Waals surface area contributed by atoms with Gasteiger partial charge in [0.05, 0.1) is 29.4 Å². The molecule has 1 atom stereocenters. The van der Waals surface area contributed by atoms with Crippen molar-refractivity contribution in [2.45, 2.75) is 49.5 Å². The van der Waals surface area contributed by atoms with Gasteiger partial charge in [-0.15, -0.1) is 0 Å². The molecule has 4 heterocycles. The lowest BCUT2D eigenvalue weighted by Gasteiger charge is -2.35. The Morgan fingerprint density at radius 1 is 0.911 bits per heavy atom. The third-order valence-electron chi connectivity index (χ3n) is 9.28. The number of aliphatic hydroxyl groups is 1. The van der Waals surface area contributed by atoms with Gasteiger partial charge in [0.25, 0.3) is 17.6 Å². The Kier molecular flexibility index (Phi) is 8.84. The Morgan fingerprint density at radius 2 is 1.64 bits per heavy atom. The van der Waals surface area contributed by atoms with Crippen molar-refractivity contribution < 1.29 is 32.6 Å². The molecule has 2 aromatic carbocycles. The van der Waals surface area contributed by atoms with Gasteiger partial charge in [0.15, 0.2) is 5.54 Å². The van der Waals surface area contributed by atoms with E-state index in [2.05, 4.69) is 4.90 Å². The summed E-state index contributed by atoms with van der Waals surface area (Å²) < 4.78 is 33.9. The summed E-state index contributed by atoms with van der Waals surface area (Å²) >= 11 is 0. The van der Waals surface area contributed by atoms with Crippen LogP contribution in [0, 0.1) is 0 Å². The molecule has 6 rings (SSSR count). The number of rotatable bonds is 9. The summed E-state index contributed by atoms with van der Waals surface area (Å²) in [5.41, 5.74) is -1.12. The van der Waals surface area contributed by atoms with Crippen molar-refractivity contribution >= 4 is 39.1 Å². The molecular weight excluding hydrogens is 596 g/mol. The SMILES string of the molecule is CCCN1C(=O)C2(/C(=C(/O)c3cccc(S(=O)(=O)N4CCCCC4)c3)C(=O)C(=O)N2CCCN2CCOCC2)c2ccccc21. The molecule has 4 aliphatic rings. The lowest BCUT2D eigenvalue weighted by atomic mass is 9.82. The van der Waals surface area contributed by atoms with E-state index < -0.39 is 38.9 Å². The normalized spacial score (nSPS) is 24.2. The zero-order chi connectivity index (χ0) is 31.8. The topological polar surface area (TPSA) is 128 Å². The lowest BCUT2D eigenvalue weighted by Crippen LogP contribution is -2.52. The number of anilines is 1. The van der Waals surface area contributed by atoms with Crippen LogP contribution < -0.4 is 4.90 Å². The van der Waals surface area contributed by atoms with E-state index in [4.69, 9.17) is 4.74 Å². The second-order valence-electron chi connectivity index (χ2n) is 12.0. The fourth-order valence-electron chi connectivity index (χ4n) is 7.09. The van der Waals surface area contributed by atoms with Gasteiger partial charge in [-0.25, -0.2) is 8.42 Å². The Bertz CT molecular complexity index is 1630. The van der Waals surface area contributed by atoms with Gasteiger partial charge < -0.3 is 19.6 Å². The first-order chi connectivity index (χ1) is 21.7. The van der Waals surface area contributed by atoms with E-state index in [1.165, 1.54) is 33.5 Å². The number of benzene rings is 2. The standard InChI is InChI=1S/C33H40N4O7S/c1-2-14-36-27-13-5-4-12-26(27)33(32(36)41)28(30(39)31(40)37(33)18-9-15-34-19-21-44-22-20-34)29(38)24-10-8-11-25(23-24)45(42,43)35-16-6-3-7-17-35/h4-5,8,10-13,23,38H,2-3,6-7,9,14-22H2,1H3/b29-28+. The van der Waals surface area contributed by atoms with E-state index in [-0.39, 0.29) is 22.6 Å². The average Bonchev–Trinajstić information content (AvgIpc) is 3.44. The number of para-hydroxylation sites is 1. The van der Waals surface area contributed by atoms with Crippen LogP contribution in [0.4, 0.5) is 5.69 Å². The summed E-state index contributed by atoms with van der Waals surface area (Å²) in [6, 6.07) is 12.9. The molecule has 3 fully saturated rings. The van der Waals surface area contributed by atoms with Crippen molar-refractivity contribution in [1.82, 2.24) is 14.1 Å². The summed E-state index contributed by atoms with van der Waals surface area (Å²) in [6.45, 7) is 6.64. The number of sulfonamides is 1. The summed E-state index contributed by atoms with van der Waals surface area (Å²) in [6.07, 6.45) is 3.64. The van der Waals surface area contributed by atoms with Crippen LogP contribution in [0.5, 0.6) is 0 Å². The van der Waals surface area contributed by atoms with Gasteiger partial charge in [0.2, 0.25) is 10.0 Å². The fraction of sp³-hybridized carbons (Fsp3) is 0.485. The van der Waals surface area contributed by atoms with Gasteiger partial charge in [-0.3, -0.25) is 19.3 Å². The number of amides is 2. The molecule has 11 nitrogen and oxygen atoms in total. The first-order valence-corrected chi connectivity index (χ1v) is 17.3. The molecule has 1 spiro atoms. The van der Waals surface area contributed by atoms with E-state index in [0.29, 0.717) is 63.5 Å². The van der Waals surface area contributed by atoms with Crippen LogP contribution in [0.25, 0.3) is 5.76 Å². The number of carbonyl (C=O) groups excluding carboxylic acids is 3. The van der Waals surface area contributed by atoms with Crippen molar-refractivity contribution in [3.8, 4) is 0 Å². The molecule has 45 heavy (non-hydrogen) atoms. The van der Waals surface area contributed by atoms with Crippen LogP contribution in [0.1, 0.15) is 50.2 Å². The monoisotopic (exact) mass is 636 g/mol. The molecule has 2 amide bonds. The van der Waals surface area contributed by atoms with Gasteiger partial charge in [-0.1, -0.05) is 43.7 Å². The van der Waals surface area contributed by atoms with Crippen molar-refractivity contribution in [3.63, 3.8) is 0 Å². The number of hydrogen-bond acceptors (Lipinski definition) is 8. The minimum Gasteiger partial charge on any atom is -0.507 e. The zero-order valence-electron chi connectivity index (χ0n) is 25.6. The predicted molar refractivity (Wildman–Crippen MR) is 168 cm³/mol. The number of morpholine rings is 1. The molecule has 0 radical (unpaired) electrons. The number of Topliss-reactive ketones (excluding diaryl/α,β-unsaturated/α-hetero) is 1. The third-order valence-corrected chi connectivity index (χ3v) is 11.2. The van der Waals surface area contributed by atoms with E-state index in [1.807, 2.05) is 6.92 Å². The number of ether oxygens (including phenoxy) is 1. The van der Waals surface area contributed by atoms with Crippen LogP contribution in [0.15, 0.2) is 59.0 Å². The Morgan fingerprint density at radius 3 is 2.38 bits per heavy atom. The second kappa shape index (κ2) is 12.7. The van der Waals surface area contributed by atoms with Crippen molar-refractivity contribution in [2.24, 2.45) is 0 Å². The molecule has 4 aliphatic heterocycles. The molecule has 3 saturated heterocycles. The zero-order valence-corrected chi connectivity index (χ0v) is 26.4. The van der Waals surface area contributed by atoms with Gasteiger partial charge in [-0.2, -0.15) is 4.31 Å². The summed E-state index contributed by atoms with van der Waals surface area (Å²) in [5, 5.41) is 11.9. The number of aliphatic hydroxyl groups excluding tert-OH is 1. The smallest absolute Gasteiger partial charge is 0.296 e. The highest BCUT2D eigenvalue weighted by Gasteiger charge is 2.66. The largest absolute Gasteiger partial charge is 0.507 e. The minimum atomic E-state index is -3.85. The van der Waals surface area contributed by atoms with E-state index in [9.17, 15) is 27.9 Å². The molecule has 0 bridgehead atoms. The average molecular weight is 637 g/mol. The summed E-state index contributed by atoms with van der Waals surface area (Å²) in [7, 11) is -3.85. The number of nitrogens with zero attached hydrogens (tertiary/aromatic N) is 4. The molecule has 0 saturated carbocycles. The number of carbonyl (C=O) groups is 3.